The fraction of sp³-hybridized carbons (Fsp3) is 0.320. The molecule has 0 radical (unpaired) electrons. The molecular weight excluding hydrogens is 396 g/mol. The summed E-state index contributed by atoms with van der Waals surface area (Å²) in [6.45, 7) is 3.88. The third-order valence-electron chi connectivity index (χ3n) is 5.55. The maximum Gasteiger partial charge on any atom is 0.321 e. The molecule has 0 aromatic heterocycles. The molecule has 0 saturated carbocycles. The minimum absolute atomic E-state index is 0.0508. The van der Waals surface area contributed by atoms with Crippen molar-refractivity contribution in [3.05, 3.63) is 83.1 Å². The summed E-state index contributed by atoms with van der Waals surface area (Å²) >= 11 is 0. The number of allylic oxidation sites excluding steroid dienone is 2. The number of carboxylic acid groups (broad SMARTS) is 1. The topological polar surface area (TPSA) is 89.9 Å². The van der Waals surface area contributed by atoms with E-state index in [2.05, 4.69) is 0 Å². The number of carbonyl (C=O) groups is 3. The fourth-order valence-electron chi connectivity index (χ4n) is 3.96. The lowest BCUT2D eigenvalue weighted by atomic mass is 9.63. The summed E-state index contributed by atoms with van der Waals surface area (Å²) in [6, 6.07) is 16.9. The SMILES string of the molecule is CCOC(=O)C1(CC(=O)O)C(=O)C=C(OCc2ccccc2)CC1c1ccc(C)cc1. The van der Waals surface area contributed by atoms with Gasteiger partial charge in [0.05, 0.1) is 13.0 Å². The largest absolute Gasteiger partial charge is 0.493 e. The Hall–Kier alpha value is -3.41. The van der Waals surface area contributed by atoms with Crippen LogP contribution in [0.3, 0.4) is 0 Å². The lowest BCUT2D eigenvalue weighted by molar-refractivity contribution is -0.166. The molecule has 0 amide bonds. The first-order valence-electron chi connectivity index (χ1n) is 10.2. The maximum atomic E-state index is 13.3. The molecule has 0 saturated heterocycles. The van der Waals surface area contributed by atoms with Gasteiger partial charge in [-0.15, -0.1) is 0 Å². The zero-order valence-electron chi connectivity index (χ0n) is 17.7. The van der Waals surface area contributed by atoms with Crippen molar-refractivity contribution in [3.63, 3.8) is 0 Å². The summed E-state index contributed by atoms with van der Waals surface area (Å²) in [4.78, 5) is 38.1. The van der Waals surface area contributed by atoms with Crippen LogP contribution < -0.4 is 0 Å². The molecule has 0 heterocycles. The number of ether oxygens (including phenoxy) is 2. The molecular formula is C25H26O6. The average molecular weight is 422 g/mol. The maximum absolute atomic E-state index is 13.3. The standard InChI is InChI=1S/C25H26O6/c1-3-30-24(29)25(15-23(27)28)21(19-11-9-17(2)10-12-19)13-20(14-22(25)26)31-16-18-7-5-4-6-8-18/h4-12,14,21H,3,13,15-16H2,1-2H3,(H,27,28). The quantitative estimate of drug-likeness (QED) is 0.507. The molecule has 2 atom stereocenters. The molecule has 0 fully saturated rings. The van der Waals surface area contributed by atoms with Crippen LogP contribution in [-0.4, -0.2) is 29.4 Å². The van der Waals surface area contributed by atoms with E-state index in [1.807, 2.05) is 61.5 Å². The van der Waals surface area contributed by atoms with E-state index in [1.54, 1.807) is 6.92 Å². The van der Waals surface area contributed by atoms with E-state index in [4.69, 9.17) is 9.47 Å². The zero-order chi connectivity index (χ0) is 22.4. The fourth-order valence-corrected chi connectivity index (χ4v) is 3.96. The van der Waals surface area contributed by atoms with Crippen molar-refractivity contribution >= 4 is 17.7 Å². The van der Waals surface area contributed by atoms with Crippen molar-refractivity contribution in [2.24, 2.45) is 5.41 Å². The van der Waals surface area contributed by atoms with Gasteiger partial charge in [-0.25, -0.2) is 0 Å². The highest BCUT2D eigenvalue weighted by Crippen LogP contribution is 2.48. The summed E-state index contributed by atoms with van der Waals surface area (Å²) in [7, 11) is 0. The Morgan fingerprint density at radius 1 is 1.10 bits per heavy atom. The molecule has 0 bridgehead atoms. The predicted molar refractivity (Wildman–Crippen MR) is 114 cm³/mol. The lowest BCUT2D eigenvalue weighted by Gasteiger charge is -2.39. The van der Waals surface area contributed by atoms with Gasteiger partial charge in [0.25, 0.3) is 0 Å². The van der Waals surface area contributed by atoms with E-state index < -0.39 is 35.5 Å². The van der Waals surface area contributed by atoms with Gasteiger partial charge in [-0.2, -0.15) is 0 Å². The normalized spacial score (nSPS) is 20.6. The molecule has 31 heavy (non-hydrogen) atoms. The van der Waals surface area contributed by atoms with E-state index in [9.17, 15) is 19.5 Å². The van der Waals surface area contributed by atoms with Gasteiger partial charge >= 0.3 is 11.9 Å². The van der Waals surface area contributed by atoms with E-state index in [1.165, 1.54) is 6.08 Å². The molecule has 1 aliphatic rings. The van der Waals surface area contributed by atoms with Gasteiger partial charge in [0.15, 0.2) is 5.78 Å². The van der Waals surface area contributed by atoms with Crippen LogP contribution >= 0.6 is 0 Å². The van der Waals surface area contributed by atoms with Crippen LogP contribution in [0.4, 0.5) is 0 Å². The van der Waals surface area contributed by atoms with Crippen LogP contribution in [0.25, 0.3) is 0 Å². The Bertz CT molecular complexity index is 977. The Morgan fingerprint density at radius 2 is 1.77 bits per heavy atom. The first-order chi connectivity index (χ1) is 14.9. The third-order valence-corrected chi connectivity index (χ3v) is 5.55. The molecule has 1 N–H and O–H groups in total. The molecule has 1 aliphatic carbocycles. The van der Waals surface area contributed by atoms with Gasteiger partial charge in [-0.3, -0.25) is 14.4 Å². The summed E-state index contributed by atoms with van der Waals surface area (Å²) in [5.41, 5.74) is 0.816. The molecule has 0 spiro atoms. The van der Waals surface area contributed by atoms with Crippen molar-refractivity contribution in [2.45, 2.75) is 39.2 Å². The van der Waals surface area contributed by atoms with Crippen molar-refractivity contribution in [2.75, 3.05) is 6.61 Å². The minimum Gasteiger partial charge on any atom is -0.493 e. The number of esters is 1. The van der Waals surface area contributed by atoms with Crippen molar-refractivity contribution < 1.29 is 29.0 Å². The minimum atomic E-state index is -1.84. The van der Waals surface area contributed by atoms with Crippen LogP contribution in [0.5, 0.6) is 0 Å². The Balaban J connectivity index is 2.02. The van der Waals surface area contributed by atoms with Crippen LogP contribution in [0.1, 0.15) is 42.4 Å². The second-order valence-electron chi connectivity index (χ2n) is 7.68. The molecule has 2 aromatic carbocycles. The second kappa shape index (κ2) is 9.60. The first kappa shape index (κ1) is 22.3. The number of rotatable bonds is 8. The van der Waals surface area contributed by atoms with Gasteiger partial charge in [0, 0.05) is 18.4 Å². The third kappa shape index (κ3) is 4.85. The van der Waals surface area contributed by atoms with Crippen molar-refractivity contribution in [1.29, 1.82) is 0 Å². The van der Waals surface area contributed by atoms with Crippen LogP contribution in [0.15, 0.2) is 66.4 Å². The number of hydrogen-bond acceptors (Lipinski definition) is 5. The molecule has 2 aromatic rings. The summed E-state index contributed by atoms with van der Waals surface area (Å²) in [6.07, 6.45) is 0.826. The zero-order valence-corrected chi connectivity index (χ0v) is 17.7. The van der Waals surface area contributed by atoms with Gasteiger partial charge in [0.1, 0.15) is 17.8 Å². The van der Waals surface area contributed by atoms with Crippen molar-refractivity contribution in [1.82, 2.24) is 0 Å². The number of aryl methyl sites for hydroxylation is 1. The smallest absolute Gasteiger partial charge is 0.321 e. The molecule has 0 aliphatic heterocycles. The van der Waals surface area contributed by atoms with E-state index in [-0.39, 0.29) is 19.6 Å². The van der Waals surface area contributed by atoms with Gasteiger partial charge < -0.3 is 14.6 Å². The Labute approximate surface area is 181 Å². The Morgan fingerprint density at radius 3 is 2.39 bits per heavy atom. The monoisotopic (exact) mass is 422 g/mol. The predicted octanol–water partition coefficient (Wildman–Crippen LogP) is 4.18. The van der Waals surface area contributed by atoms with Gasteiger partial charge in [-0.1, -0.05) is 60.2 Å². The number of carboxylic acids is 1. The van der Waals surface area contributed by atoms with Crippen LogP contribution in [-0.2, 0) is 30.5 Å². The van der Waals surface area contributed by atoms with E-state index >= 15 is 0 Å². The van der Waals surface area contributed by atoms with Gasteiger partial charge in [0.2, 0.25) is 0 Å². The highest BCUT2D eigenvalue weighted by atomic mass is 16.5. The summed E-state index contributed by atoms with van der Waals surface area (Å²) < 4.78 is 11.1. The number of carbonyl (C=O) groups excluding carboxylic acids is 2. The highest BCUT2D eigenvalue weighted by Gasteiger charge is 2.56. The first-order valence-corrected chi connectivity index (χ1v) is 10.2. The van der Waals surface area contributed by atoms with Crippen LogP contribution in [0, 0.1) is 12.3 Å². The summed E-state index contributed by atoms with van der Waals surface area (Å²) in [5.74, 6) is -2.95. The van der Waals surface area contributed by atoms with Crippen molar-refractivity contribution in [3.8, 4) is 0 Å². The van der Waals surface area contributed by atoms with E-state index in [0.717, 1.165) is 11.1 Å². The number of ketones is 1. The highest BCUT2D eigenvalue weighted by molar-refractivity contribution is 6.13. The number of hydrogen-bond donors (Lipinski definition) is 1. The van der Waals surface area contributed by atoms with Crippen LogP contribution in [0.2, 0.25) is 0 Å². The molecule has 6 nitrogen and oxygen atoms in total. The number of benzene rings is 2. The molecule has 3 rings (SSSR count). The van der Waals surface area contributed by atoms with Gasteiger partial charge in [-0.05, 0) is 25.0 Å². The summed E-state index contributed by atoms with van der Waals surface area (Å²) in [5, 5.41) is 9.58. The molecule has 162 valence electrons. The Kier molecular flexibility index (Phi) is 6.90. The average Bonchev–Trinajstić information content (AvgIpc) is 2.75. The van der Waals surface area contributed by atoms with E-state index in [0.29, 0.717) is 11.3 Å². The molecule has 2 unspecified atom stereocenters. The molecule has 6 heteroatoms. The lowest BCUT2D eigenvalue weighted by Crippen LogP contribution is -2.48. The second-order valence-corrected chi connectivity index (χ2v) is 7.68. The number of aliphatic carboxylic acids is 1.